The fourth-order valence-corrected chi connectivity index (χ4v) is 1.94. The lowest BCUT2D eigenvalue weighted by Crippen LogP contribution is -2.07. The van der Waals surface area contributed by atoms with Crippen LogP contribution in [0.15, 0.2) is 57.8 Å². The summed E-state index contributed by atoms with van der Waals surface area (Å²) >= 11 is 0. The molecule has 1 aromatic heterocycles. The number of hydrogen-bond donors (Lipinski definition) is 1. The molecule has 0 unspecified atom stereocenters. The van der Waals surface area contributed by atoms with Gasteiger partial charge in [0, 0.05) is 24.3 Å². The number of ether oxygens (including phenoxy) is 1. The van der Waals surface area contributed by atoms with Crippen molar-refractivity contribution in [3.05, 3.63) is 59.7 Å². The van der Waals surface area contributed by atoms with Crippen LogP contribution in [-0.2, 0) is 14.3 Å². The third-order valence-corrected chi connectivity index (χ3v) is 2.89. The lowest BCUT2D eigenvalue weighted by Gasteiger charge is -2.03. The maximum absolute atomic E-state index is 11.8. The van der Waals surface area contributed by atoms with Gasteiger partial charge in [0.1, 0.15) is 5.76 Å². The standard InChI is InChI=1S/C16H12N2O4/c1-10(19)17-12-6-4-11(5-7-12)15-18-14(16(20)22-15)9-13-3-2-8-21-13/h2-9H,1H3,(H,17,19). The SMILES string of the molecule is CC(=O)Nc1ccc(C2=NC(=Cc3ccco3)C(=O)O2)cc1. The van der Waals surface area contributed by atoms with Crippen molar-refractivity contribution in [3.63, 3.8) is 0 Å². The number of esters is 1. The molecule has 0 saturated heterocycles. The van der Waals surface area contributed by atoms with E-state index >= 15 is 0 Å². The summed E-state index contributed by atoms with van der Waals surface area (Å²) in [6.07, 6.45) is 3.03. The van der Waals surface area contributed by atoms with Gasteiger partial charge in [0.2, 0.25) is 11.8 Å². The van der Waals surface area contributed by atoms with Crippen LogP contribution in [0.3, 0.4) is 0 Å². The minimum Gasteiger partial charge on any atom is -0.465 e. The van der Waals surface area contributed by atoms with E-state index in [2.05, 4.69) is 10.3 Å². The number of carbonyl (C=O) groups excluding carboxylic acids is 2. The summed E-state index contributed by atoms with van der Waals surface area (Å²) in [6.45, 7) is 1.43. The molecule has 2 heterocycles. The number of nitrogens with zero attached hydrogens (tertiary/aromatic N) is 1. The first-order valence-electron chi connectivity index (χ1n) is 6.56. The van der Waals surface area contributed by atoms with Crippen molar-refractivity contribution in [3.8, 4) is 0 Å². The molecule has 110 valence electrons. The van der Waals surface area contributed by atoms with Crippen molar-refractivity contribution < 1.29 is 18.7 Å². The molecule has 0 spiro atoms. The van der Waals surface area contributed by atoms with E-state index in [1.54, 1.807) is 36.4 Å². The number of furan rings is 1. The van der Waals surface area contributed by atoms with Crippen molar-refractivity contribution >= 4 is 29.5 Å². The van der Waals surface area contributed by atoms with Crippen LogP contribution >= 0.6 is 0 Å². The highest BCUT2D eigenvalue weighted by Crippen LogP contribution is 2.20. The molecular formula is C16H12N2O4. The van der Waals surface area contributed by atoms with Gasteiger partial charge in [-0.3, -0.25) is 4.79 Å². The third-order valence-electron chi connectivity index (χ3n) is 2.89. The van der Waals surface area contributed by atoms with Crippen LogP contribution < -0.4 is 5.32 Å². The van der Waals surface area contributed by atoms with Gasteiger partial charge in [-0.15, -0.1) is 0 Å². The molecule has 2 aromatic rings. The summed E-state index contributed by atoms with van der Waals surface area (Å²) in [6, 6.07) is 10.3. The summed E-state index contributed by atoms with van der Waals surface area (Å²) in [5.41, 5.74) is 1.48. The van der Waals surface area contributed by atoms with Crippen LogP contribution in [0.5, 0.6) is 0 Å². The summed E-state index contributed by atoms with van der Waals surface area (Å²) in [4.78, 5) is 26.9. The number of nitrogens with one attached hydrogen (secondary N) is 1. The van der Waals surface area contributed by atoms with E-state index in [1.807, 2.05) is 0 Å². The topological polar surface area (TPSA) is 80.9 Å². The molecule has 0 radical (unpaired) electrons. The number of carbonyl (C=O) groups is 2. The normalized spacial score (nSPS) is 15.6. The molecule has 6 nitrogen and oxygen atoms in total. The van der Waals surface area contributed by atoms with Gasteiger partial charge < -0.3 is 14.5 Å². The van der Waals surface area contributed by atoms with Crippen LogP contribution in [-0.4, -0.2) is 17.8 Å². The van der Waals surface area contributed by atoms with Crippen molar-refractivity contribution in [2.45, 2.75) is 6.92 Å². The lowest BCUT2D eigenvalue weighted by atomic mass is 10.2. The molecule has 22 heavy (non-hydrogen) atoms. The van der Waals surface area contributed by atoms with Gasteiger partial charge in [-0.05, 0) is 36.4 Å². The van der Waals surface area contributed by atoms with Gasteiger partial charge in [0.05, 0.1) is 6.26 Å². The van der Waals surface area contributed by atoms with Crippen LogP contribution in [0.25, 0.3) is 6.08 Å². The maximum atomic E-state index is 11.8. The Morgan fingerprint density at radius 2 is 2.00 bits per heavy atom. The Bertz CT molecular complexity index is 771. The van der Waals surface area contributed by atoms with Gasteiger partial charge in [-0.1, -0.05) is 0 Å². The van der Waals surface area contributed by atoms with E-state index in [1.165, 1.54) is 19.3 Å². The Balaban J connectivity index is 1.83. The first kappa shape index (κ1) is 13.8. The molecule has 1 aromatic carbocycles. The van der Waals surface area contributed by atoms with Gasteiger partial charge in [0.15, 0.2) is 5.70 Å². The van der Waals surface area contributed by atoms with Crippen LogP contribution in [0, 0.1) is 0 Å². The Morgan fingerprint density at radius 3 is 2.64 bits per heavy atom. The highest BCUT2D eigenvalue weighted by molar-refractivity contribution is 6.12. The molecule has 0 saturated carbocycles. The van der Waals surface area contributed by atoms with Gasteiger partial charge in [0.25, 0.3) is 0 Å². The number of hydrogen-bond acceptors (Lipinski definition) is 5. The van der Waals surface area contributed by atoms with Gasteiger partial charge in [-0.2, -0.15) is 0 Å². The Hall–Kier alpha value is -3.15. The monoisotopic (exact) mass is 296 g/mol. The first-order valence-corrected chi connectivity index (χ1v) is 6.56. The van der Waals surface area contributed by atoms with Crippen LogP contribution in [0.2, 0.25) is 0 Å². The minimum absolute atomic E-state index is 0.152. The minimum atomic E-state index is -0.530. The summed E-state index contributed by atoms with van der Waals surface area (Å²) in [5.74, 6) is 0.0635. The predicted octanol–water partition coefficient (Wildman–Crippen LogP) is 2.58. The number of rotatable bonds is 3. The second kappa shape index (κ2) is 5.69. The third kappa shape index (κ3) is 2.95. The largest absolute Gasteiger partial charge is 0.465 e. The zero-order chi connectivity index (χ0) is 15.5. The fourth-order valence-electron chi connectivity index (χ4n) is 1.94. The quantitative estimate of drug-likeness (QED) is 0.697. The molecule has 1 amide bonds. The van der Waals surface area contributed by atoms with E-state index in [-0.39, 0.29) is 17.5 Å². The van der Waals surface area contributed by atoms with E-state index in [0.717, 1.165) is 0 Å². The zero-order valence-electron chi connectivity index (χ0n) is 11.7. The lowest BCUT2D eigenvalue weighted by molar-refractivity contribution is -0.130. The highest BCUT2D eigenvalue weighted by atomic mass is 16.6. The molecule has 3 rings (SSSR count). The van der Waals surface area contributed by atoms with E-state index in [4.69, 9.17) is 9.15 Å². The number of anilines is 1. The van der Waals surface area contributed by atoms with Crippen LogP contribution in [0.1, 0.15) is 18.2 Å². The molecule has 0 atom stereocenters. The van der Waals surface area contributed by atoms with Crippen molar-refractivity contribution in [2.24, 2.45) is 4.99 Å². The molecule has 0 fully saturated rings. The van der Waals surface area contributed by atoms with E-state index in [9.17, 15) is 9.59 Å². The second-order valence-electron chi connectivity index (χ2n) is 4.61. The second-order valence-corrected chi connectivity index (χ2v) is 4.61. The Kier molecular flexibility index (Phi) is 3.57. The van der Waals surface area contributed by atoms with Gasteiger partial charge in [-0.25, -0.2) is 9.79 Å². The van der Waals surface area contributed by atoms with Gasteiger partial charge >= 0.3 is 5.97 Å². The van der Waals surface area contributed by atoms with Crippen molar-refractivity contribution in [1.29, 1.82) is 0 Å². The fraction of sp³-hybridized carbons (Fsp3) is 0.0625. The summed E-state index contributed by atoms with van der Waals surface area (Å²) in [7, 11) is 0. The summed E-state index contributed by atoms with van der Waals surface area (Å²) < 4.78 is 10.3. The summed E-state index contributed by atoms with van der Waals surface area (Å²) in [5, 5.41) is 2.66. The molecule has 0 aliphatic carbocycles. The number of cyclic esters (lactones) is 1. The highest BCUT2D eigenvalue weighted by Gasteiger charge is 2.24. The maximum Gasteiger partial charge on any atom is 0.363 e. The average molecular weight is 296 g/mol. The molecule has 0 bridgehead atoms. The van der Waals surface area contributed by atoms with Crippen molar-refractivity contribution in [1.82, 2.24) is 0 Å². The number of amides is 1. The van der Waals surface area contributed by atoms with E-state index < -0.39 is 5.97 Å². The molecule has 6 heteroatoms. The Morgan fingerprint density at radius 1 is 1.23 bits per heavy atom. The molecule has 1 aliphatic rings. The molecule has 1 aliphatic heterocycles. The number of benzene rings is 1. The molecular weight excluding hydrogens is 284 g/mol. The van der Waals surface area contributed by atoms with E-state index in [0.29, 0.717) is 17.0 Å². The Labute approximate surface area is 126 Å². The average Bonchev–Trinajstić information content (AvgIpc) is 3.10. The zero-order valence-corrected chi connectivity index (χ0v) is 11.7. The van der Waals surface area contributed by atoms with Crippen LogP contribution in [0.4, 0.5) is 5.69 Å². The van der Waals surface area contributed by atoms with Crippen molar-refractivity contribution in [2.75, 3.05) is 5.32 Å². The smallest absolute Gasteiger partial charge is 0.363 e. The molecule has 1 N–H and O–H groups in total. The first-order chi connectivity index (χ1) is 10.6. The number of aliphatic imine (C=N–C) groups is 1. The predicted molar refractivity (Wildman–Crippen MR) is 80.1 cm³/mol.